The van der Waals surface area contributed by atoms with Crippen molar-refractivity contribution in [3.05, 3.63) is 54.1 Å². The molecule has 11 nitrogen and oxygen atoms in total. The molecular weight excluding hydrogens is 510 g/mol. The highest BCUT2D eigenvalue weighted by Gasteiger charge is 2.27. The topological polar surface area (TPSA) is 125 Å². The number of rotatable bonds is 6. The minimum atomic E-state index is -0.941. The summed E-state index contributed by atoms with van der Waals surface area (Å²) in [6.07, 6.45) is 0. The van der Waals surface area contributed by atoms with E-state index in [-0.39, 0.29) is 18.1 Å². The standard InChI is InChI=1S/C29H37N7O4/c1-19-17-39-15-13-35(19)26-32-25(33-27(34-26)36-14-16-40-18-20(36)2)21-5-9-23(10-6-21)30-28(37)31-24-11-7-22(8-12-24)29(3,4)38/h5-12,19-20,38H,13-18H2,1-4H3,(H2,30,31,37). The molecule has 2 fully saturated rings. The van der Waals surface area contributed by atoms with Crippen LogP contribution < -0.4 is 20.4 Å². The number of hydrogen-bond acceptors (Lipinski definition) is 9. The van der Waals surface area contributed by atoms with Crippen LogP contribution in [0.4, 0.5) is 28.1 Å². The Bertz CT molecular complexity index is 1270. The third-order valence-electron chi connectivity index (χ3n) is 7.11. The number of carbonyl (C=O) groups is 1. The molecule has 0 aliphatic carbocycles. The first kappa shape index (κ1) is 27.8. The van der Waals surface area contributed by atoms with Gasteiger partial charge in [-0.1, -0.05) is 12.1 Å². The average molecular weight is 548 g/mol. The molecule has 0 spiro atoms. The molecule has 2 unspecified atom stereocenters. The lowest BCUT2D eigenvalue weighted by molar-refractivity contribution is 0.0786. The minimum Gasteiger partial charge on any atom is -0.386 e. The van der Waals surface area contributed by atoms with Gasteiger partial charge in [-0.15, -0.1) is 0 Å². The Balaban J connectivity index is 1.33. The zero-order chi connectivity index (χ0) is 28.3. The summed E-state index contributed by atoms with van der Waals surface area (Å²) in [5, 5.41) is 15.8. The van der Waals surface area contributed by atoms with E-state index >= 15 is 0 Å². The summed E-state index contributed by atoms with van der Waals surface area (Å²) < 4.78 is 11.2. The maximum atomic E-state index is 12.6. The Labute approximate surface area is 234 Å². The van der Waals surface area contributed by atoms with Gasteiger partial charge in [-0.25, -0.2) is 4.79 Å². The highest BCUT2D eigenvalue weighted by Crippen LogP contribution is 2.26. The van der Waals surface area contributed by atoms with Gasteiger partial charge >= 0.3 is 6.03 Å². The Morgan fingerprint density at radius 1 is 0.825 bits per heavy atom. The first-order valence-corrected chi connectivity index (χ1v) is 13.6. The van der Waals surface area contributed by atoms with Crippen molar-refractivity contribution in [2.45, 2.75) is 45.4 Å². The number of ether oxygens (including phenoxy) is 2. The van der Waals surface area contributed by atoms with Gasteiger partial charge in [0.25, 0.3) is 0 Å². The summed E-state index contributed by atoms with van der Waals surface area (Å²) >= 11 is 0. The van der Waals surface area contributed by atoms with Crippen LogP contribution in [0.1, 0.15) is 33.3 Å². The molecular formula is C29H37N7O4. The predicted octanol–water partition coefficient (Wildman–Crippen LogP) is 3.86. The predicted molar refractivity (Wildman–Crippen MR) is 155 cm³/mol. The highest BCUT2D eigenvalue weighted by molar-refractivity contribution is 5.99. The molecule has 0 bridgehead atoms. The van der Waals surface area contributed by atoms with Crippen molar-refractivity contribution >= 4 is 29.3 Å². The van der Waals surface area contributed by atoms with Crippen LogP contribution in [0, 0.1) is 0 Å². The number of nitrogens with zero attached hydrogens (tertiary/aromatic N) is 5. The van der Waals surface area contributed by atoms with Gasteiger partial charge in [0.2, 0.25) is 11.9 Å². The van der Waals surface area contributed by atoms with E-state index in [0.717, 1.165) is 11.1 Å². The maximum Gasteiger partial charge on any atom is 0.323 e. The molecule has 2 amide bonds. The molecule has 0 radical (unpaired) electrons. The van der Waals surface area contributed by atoms with E-state index in [0.29, 0.717) is 68.6 Å². The van der Waals surface area contributed by atoms with E-state index in [1.54, 1.807) is 38.1 Å². The van der Waals surface area contributed by atoms with E-state index in [9.17, 15) is 9.90 Å². The van der Waals surface area contributed by atoms with Crippen LogP contribution in [0.15, 0.2) is 48.5 Å². The number of urea groups is 1. The summed E-state index contributed by atoms with van der Waals surface area (Å²) in [5.74, 6) is 1.83. The molecule has 3 heterocycles. The second kappa shape index (κ2) is 11.7. The third-order valence-corrected chi connectivity index (χ3v) is 7.11. The number of benzene rings is 2. The molecule has 2 aromatic carbocycles. The van der Waals surface area contributed by atoms with Gasteiger partial charge < -0.3 is 35.0 Å². The molecule has 1 aromatic heterocycles. The number of aliphatic hydroxyl groups is 1. The Morgan fingerprint density at radius 3 is 1.75 bits per heavy atom. The van der Waals surface area contributed by atoms with E-state index in [1.807, 2.05) is 24.3 Å². The van der Waals surface area contributed by atoms with Crippen molar-refractivity contribution in [2.75, 3.05) is 60.0 Å². The largest absolute Gasteiger partial charge is 0.386 e. The van der Waals surface area contributed by atoms with Gasteiger partial charge in [0.05, 0.1) is 44.1 Å². The summed E-state index contributed by atoms with van der Waals surface area (Å²) in [4.78, 5) is 31.5. The zero-order valence-corrected chi connectivity index (χ0v) is 23.4. The van der Waals surface area contributed by atoms with Gasteiger partial charge in [0, 0.05) is 30.0 Å². The van der Waals surface area contributed by atoms with Crippen molar-refractivity contribution in [3.63, 3.8) is 0 Å². The second-order valence-electron chi connectivity index (χ2n) is 10.8. The molecule has 11 heteroatoms. The van der Waals surface area contributed by atoms with Crippen molar-refractivity contribution < 1.29 is 19.4 Å². The average Bonchev–Trinajstić information content (AvgIpc) is 2.93. The van der Waals surface area contributed by atoms with Crippen LogP contribution in [0.25, 0.3) is 11.4 Å². The van der Waals surface area contributed by atoms with Crippen LogP contribution in [0.5, 0.6) is 0 Å². The lowest BCUT2D eigenvalue weighted by Crippen LogP contribution is -2.46. The van der Waals surface area contributed by atoms with Gasteiger partial charge in [-0.2, -0.15) is 15.0 Å². The number of nitrogens with one attached hydrogen (secondary N) is 2. The molecule has 2 saturated heterocycles. The minimum absolute atomic E-state index is 0.149. The molecule has 2 aliphatic rings. The Hall–Kier alpha value is -3.80. The van der Waals surface area contributed by atoms with Gasteiger partial charge in [0.15, 0.2) is 5.82 Å². The number of carbonyl (C=O) groups excluding carboxylic acids is 1. The molecule has 2 atom stereocenters. The van der Waals surface area contributed by atoms with E-state index < -0.39 is 5.60 Å². The fourth-order valence-electron chi connectivity index (χ4n) is 4.75. The number of amides is 2. The first-order valence-electron chi connectivity index (χ1n) is 13.6. The Kier molecular flexibility index (Phi) is 8.15. The zero-order valence-electron chi connectivity index (χ0n) is 23.4. The van der Waals surface area contributed by atoms with Crippen LogP contribution in [0.2, 0.25) is 0 Å². The quantitative estimate of drug-likeness (QED) is 0.422. The van der Waals surface area contributed by atoms with Gasteiger partial charge in [0.1, 0.15) is 0 Å². The number of hydrogen-bond donors (Lipinski definition) is 3. The van der Waals surface area contributed by atoms with Crippen molar-refractivity contribution in [1.82, 2.24) is 15.0 Å². The molecule has 2 aliphatic heterocycles. The molecule has 0 saturated carbocycles. The number of anilines is 4. The summed E-state index contributed by atoms with van der Waals surface area (Å²) in [5.41, 5.74) is 1.91. The molecule has 3 aromatic rings. The van der Waals surface area contributed by atoms with Gasteiger partial charge in [-0.3, -0.25) is 0 Å². The Morgan fingerprint density at radius 2 is 1.30 bits per heavy atom. The van der Waals surface area contributed by atoms with E-state index in [2.05, 4.69) is 34.3 Å². The fourth-order valence-corrected chi connectivity index (χ4v) is 4.75. The lowest BCUT2D eigenvalue weighted by atomic mass is 9.98. The van der Waals surface area contributed by atoms with Crippen molar-refractivity contribution in [3.8, 4) is 11.4 Å². The summed E-state index contributed by atoms with van der Waals surface area (Å²) in [6, 6.07) is 14.5. The van der Waals surface area contributed by atoms with E-state index in [4.69, 9.17) is 24.4 Å². The molecule has 40 heavy (non-hydrogen) atoms. The lowest BCUT2D eigenvalue weighted by Gasteiger charge is -2.36. The fraction of sp³-hybridized carbons (Fsp3) is 0.448. The van der Waals surface area contributed by atoms with Gasteiger partial charge in [-0.05, 0) is 69.7 Å². The monoisotopic (exact) mass is 547 g/mol. The summed E-state index contributed by atoms with van der Waals surface area (Å²) in [7, 11) is 0. The smallest absolute Gasteiger partial charge is 0.323 e. The summed E-state index contributed by atoms with van der Waals surface area (Å²) in [6.45, 7) is 11.6. The van der Waals surface area contributed by atoms with Crippen LogP contribution in [-0.4, -0.2) is 77.7 Å². The second-order valence-corrected chi connectivity index (χ2v) is 10.8. The SMILES string of the molecule is CC1COCCN1c1nc(-c2ccc(NC(=O)Nc3ccc(C(C)(C)O)cc3)cc2)nc(N2CCOCC2C)n1. The molecule has 212 valence electrons. The van der Waals surface area contributed by atoms with E-state index in [1.165, 1.54) is 0 Å². The van der Waals surface area contributed by atoms with Crippen LogP contribution in [0.3, 0.4) is 0 Å². The maximum absolute atomic E-state index is 12.6. The van der Waals surface area contributed by atoms with Crippen molar-refractivity contribution in [1.29, 1.82) is 0 Å². The highest BCUT2D eigenvalue weighted by atomic mass is 16.5. The number of aromatic nitrogens is 3. The van der Waals surface area contributed by atoms with Crippen LogP contribution >= 0.6 is 0 Å². The number of morpholine rings is 2. The normalized spacial score (nSPS) is 19.8. The van der Waals surface area contributed by atoms with Crippen molar-refractivity contribution in [2.24, 2.45) is 0 Å². The third kappa shape index (κ3) is 6.49. The molecule has 5 rings (SSSR count). The first-order chi connectivity index (χ1) is 19.2. The molecule has 3 N–H and O–H groups in total. The van der Waals surface area contributed by atoms with Crippen LogP contribution in [-0.2, 0) is 15.1 Å².